The average molecular weight is 931 g/mol. The number of ether oxygens (including phenoxy) is 4. The standard InChI is InChI=1S/C51H49Cl2N5O8/c1-32-39(30-65-49-18-47(38(15-45(49)52)7-3-4-12-59)63-28-36-13-34(20-54)22-56-24-36)8-5-10-43(32)44-11-6-9-40(33(44)2)31-66-50-19-48(64-29-37-14-35(21-55)23-57-25-37)41(16-46(50)53)26-58-27-42(60)17-51(61)62/h5-6,8-11,13-16,18-19,22-25,42,58-60H,3-4,7,12,17,26-31H2,1-2H3,(H,61,62)/t42-/m0/s1. The van der Waals surface area contributed by atoms with Crippen LogP contribution < -0.4 is 24.3 Å². The minimum atomic E-state index is -1.10. The molecule has 0 saturated carbocycles. The number of carboxylic acid groups (broad SMARTS) is 1. The van der Waals surface area contributed by atoms with Crippen molar-refractivity contribution in [3.8, 4) is 46.3 Å². The molecule has 0 amide bonds. The first-order valence-electron chi connectivity index (χ1n) is 21.2. The fourth-order valence-electron chi connectivity index (χ4n) is 7.20. The summed E-state index contributed by atoms with van der Waals surface area (Å²) in [5, 5.41) is 51.0. The zero-order valence-electron chi connectivity index (χ0n) is 36.5. The summed E-state index contributed by atoms with van der Waals surface area (Å²) >= 11 is 13.6. The number of aliphatic hydroxyl groups excluding tert-OH is 2. The topological polar surface area (TPSA) is 200 Å². The molecule has 0 unspecified atom stereocenters. The van der Waals surface area contributed by atoms with Crippen molar-refractivity contribution < 1.29 is 39.1 Å². The molecular formula is C51H49Cl2N5O8. The molecule has 66 heavy (non-hydrogen) atoms. The molecule has 2 aromatic heterocycles. The van der Waals surface area contributed by atoms with Gasteiger partial charge < -0.3 is 39.6 Å². The summed E-state index contributed by atoms with van der Waals surface area (Å²) in [5.41, 5.74) is 9.75. The maximum atomic E-state index is 11.0. The van der Waals surface area contributed by atoms with Gasteiger partial charge in [0.05, 0.1) is 33.7 Å². The summed E-state index contributed by atoms with van der Waals surface area (Å²) in [6.45, 7) is 5.14. The molecule has 1 atom stereocenters. The van der Waals surface area contributed by atoms with E-state index in [1.807, 2.05) is 37.3 Å². The van der Waals surface area contributed by atoms with Crippen LogP contribution in [0.1, 0.15) is 74.9 Å². The van der Waals surface area contributed by atoms with Gasteiger partial charge in [0.15, 0.2) is 0 Å². The summed E-state index contributed by atoms with van der Waals surface area (Å²) in [4.78, 5) is 19.3. The van der Waals surface area contributed by atoms with Crippen LogP contribution in [0.15, 0.2) is 97.6 Å². The number of aryl methyl sites for hydroxylation is 1. The second-order valence-corrected chi connectivity index (χ2v) is 16.4. The third-order valence-electron chi connectivity index (χ3n) is 10.8. The van der Waals surface area contributed by atoms with Crippen LogP contribution in [-0.4, -0.2) is 50.5 Å². The van der Waals surface area contributed by atoms with Crippen molar-refractivity contribution >= 4 is 29.2 Å². The molecule has 15 heteroatoms. The number of nitrogens with one attached hydrogen (secondary N) is 1. The van der Waals surface area contributed by atoms with Gasteiger partial charge in [-0.2, -0.15) is 10.5 Å². The van der Waals surface area contributed by atoms with Gasteiger partial charge in [-0.25, -0.2) is 0 Å². The molecule has 2 heterocycles. The van der Waals surface area contributed by atoms with Gasteiger partial charge >= 0.3 is 5.97 Å². The van der Waals surface area contributed by atoms with Gasteiger partial charge in [0.1, 0.15) is 61.6 Å². The van der Waals surface area contributed by atoms with Gasteiger partial charge in [-0.15, -0.1) is 0 Å². The van der Waals surface area contributed by atoms with Crippen LogP contribution in [-0.2, 0) is 44.2 Å². The van der Waals surface area contributed by atoms with Crippen molar-refractivity contribution in [2.45, 2.75) is 78.6 Å². The van der Waals surface area contributed by atoms with Gasteiger partial charge in [0.25, 0.3) is 0 Å². The monoisotopic (exact) mass is 929 g/mol. The van der Waals surface area contributed by atoms with E-state index in [9.17, 15) is 25.5 Å². The Kier molecular flexibility index (Phi) is 17.7. The summed E-state index contributed by atoms with van der Waals surface area (Å²) in [6, 6.07) is 26.7. The normalized spacial score (nSPS) is 11.3. The Balaban J connectivity index is 1.18. The van der Waals surface area contributed by atoms with E-state index in [0.29, 0.717) is 68.1 Å². The summed E-state index contributed by atoms with van der Waals surface area (Å²) in [7, 11) is 0. The number of hydrogen-bond acceptors (Lipinski definition) is 12. The number of aliphatic hydroxyl groups is 2. The quantitative estimate of drug-likeness (QED) is 0.0444. The molecule has 4 N–H and O–H groups in total. The smallest absolute Gasteiger partial charge is 0.306 e. The Morgan fingerprint density at radius 1 is 0.682 bits per heavy atom. The average Bonchev–Trinajstić information content (AvgIpc) is 3.31. The van der Waals surface area contributed by atoms with Gasteiger partial charge in [-0.3, -0.25) is 14.8 Å². The molecule has 0 aliphatic heterocycles. The molecule has 13 nitrogen and oxygen atoms in total. The number of unbranched alkanes of at least 4 members (excludes halogenated alkanes) is 1. The van der Waals surface area contributed by atoms with E-state index in [1.54, 1.807) is 42.7 Å². The van der Waals surface area contributed by atoms with Gasteiger partial charge in [-0.1, -0.05) is 59.6 Å². The molecule has 0 saturated heterocycles. The number of rotatable bonds is 23. The zero-order valence-corrected chi connectivity index (χ0v) is 38.0. The lowest BCUT2D eigenvalue weighted by molar-refractivity contribution is -0.139. The van der Waals surface area contributed by atoms with E-state index in [4.69, 9.17) is 47.3 Å². The highest BCUT2D eigenvalue weighted by molar-refractivity contribution is 6.32. The number of pyridine rings is 2. The van der Waals surface area contributed by atoms with Crippen LogP contribution >= 0.6 is 23.2 Å². The summed E-state index contributed by atoms with van der Waals surface area (Å²) in [6.07, 6.45) is 6.78. The Labute approximate surface area is 393 Å². The van der Waals surface area contributed by atoms with E-state index < -0.39 is 18.5 Å². The maximum Gasteiger partial charge on any atom is 0.306 e. The molecule has 0 aliphatic rings. The van der Waals surface area contributed by atoms with Gasteiger partial charge in [0.2, 0.25) is 0 Å². The molecule has 6 rings (SSSR count). The third kappa shape index (κ3) is 13.4. The molecule has 0 aliphatic carbocycles. The van der Waals surface area contributed by atoms with Gasteiger partial charge in [-0.05, 0) is 96.3 Å². The van der Waals surface area contributed by atoms with Crippen molar-refractivity contribution in [3.05, 3.63) is 163 Å². The number of carboxylic acids is 1. The van der Waals surface area contributed by atoms with E-state index in [2.05, 4.69) is 46.5 Å². The number of benzene rings is 4. The van der Waals surface area contributed by atoms with Crippen LogP contribution in [0.5, 0.6) is 23.0 Å². The second kappa shape index (κ2) is 24.0. The fraction of sp³-hybridized carbons (Fsp3) is 0.275. The van der Waals surface area contributed by atoms with Crippen molar-refractivity contribution in [3.63, 3.8) is 0 Å². The fourth-order valence-corrected chi connectivity index (χ4v) is 7.68. The summed E-state index contributed by atoms with van der Waals surface area (Å²) < 4.78 is 25.2. The van der Waals surface area contributed by atoms with Crippen LogP contribution in [0.3, 0.4) is 0 Å². The van der Waals surface area contributed by atoms with E-state index in [1.165, 1.54) is 12.4 Å². The third-order valence-corrected chi connectivity index (χ3v) is 11.4. The molecule has 6 aromatic rings. The number of hydrogen-bond donors (Lipinski definition) is 4. The number of carbonyl (C=O) groups is 1. The first kappa shape index (κ1) is 48.7. The molecule has 4 aromatic carbocycles. The zero-order chi connectivity index (χ0) is 47.0. The highest BCUT2D eigenvalue weighted by Gasteiger charge is 2.18. The lowest BCUT2D eigenvalue weighted by Gasteiger charge is -2.19. The van der Waals surface area contributed by atoms with Gasteiger partial charge in [0, 0.05) is 73.3 Å². The Morgan fingerprint density at radius 2 is 1.18 bits per heavy atom. The number of nitriles is 2. The Hall–Kier alpha value is -6.71. The minimum Gasteiger partial charge on any atom is -0.488 e. The maximum absolute atomic E-state index is 11.0. The highest BCUT2D eigenvalue weighted by atomic mass is 35.5. The first-order chi connectivity index (χ1) is 32.0. The van der Waals surface area contributed by atoms with Crippen molar-refractivity contribution in [2.75, 3.05) is 13.2 Å². The molecule has 0 bridgehead atoms. The van der Waals surface area contributed by atoms with Crippen molar-refractivity contribution in [1.82, 2.24) is 15.3 Å². The number of halogens is 2. The predicted octanol–water partition coefficient (Wildman–Crippen LogP) is 9.37. The SMILES string of the molecule is Cc1c(COc2cc(OCc3cncc(C#N)c3)c(CCCCO)cc2Cl)cccc1-c1cccc(COc2cc(OCc3cncc(C#N)c3)c(CNC[C@@H](O)CC(=O)O)cc2Cl)c1C. The minimum absolute atomic E-state index is 0.0350. The summed E-state index contributed by atoms with van der Waals surface area (Å²) in [5.74, 6) is 0.766. The lowest BCUT2D eigenvalue weighted by atomic mass is 9.92. The number of aromatic nitrogens is 2. The second-order valence-electron chi connectivity index (χ2n) is 15.6. The van der Waals surface area contributed by atoms with Crippen LogP contribution in [0.4, 0.5) is 0 Å². The number of aliphatic carboxylic acids is 1. The van der Waals surface area contributed by atoms with Crippen LogP contribution in [0.25, 0.3) is 11.1 Å². The predicted molar refractivity (Wildman–Crippen MR) is 249 cm³/mol. The molecule has 0 spiro atoms. The highest BCUT2D eigenvalue weighted by Crippen LogP contribution is 2.38. The Bertz CT molecular complexity index is 2740. The Morgan fingerprint density at radius 3 is 1.68 bits per heavy atom. The molecule has 0 fully saturated rings. The van der Waals surface area contributed by atoms with Crippen molar-refractivity contribution in [1.29, 1.82) is 10.5 Å². The van der Waals surface area contributed by atoms with Crippen LogP contribution in [0, 0.1) is 36.5 Å². The lowest BCUT2D eigenvalue weighted by Crippen LogP contribution is -2.28. The van der Waals surface area contributed by atoms with Crippen LogP contribution in [0.2, 0.25) is 10.0 Å². The largest absolute Gasteiger partial charge is 0.488 e. The molecular weight excluding hydrogens is 881 g/mol. The molecule has 340 valence electrons. The van der Waals surface area contributed by atoms with E-state index in [-0.39, 0.29) is 46.1 Å². The molecule has 0 radical (unpaired) electrons. The van der Waals surface area contributed by atoms with Crippen molar-refractivity contribution in [2.24, 2.45) is 0 Å². The first-order valence-corrected chi connectivity index (χ1v) is 21.9. The number of nitrogens with zero attached hydrogens (tertiary/aromatic N) is 4. The van der Waals surface area contributed by atoms with E-state index in [0.717, 1.165) is 50.9 Å². The van der Waals surface area contributed by atoms with E-state index >= 15 is 0 Å².